The number of aromatic nitrogens is 2. The zero-order valence-electron chi connectivity index (χ0n) is 8.43. The topological polar surface area (TPSA) is 41.4 Å². The summed E-state index contributed by atoms with van der Waals surface area (Å²) in [6.45, 7) is 4.59. The molecule has 1 rings (SSSR count). The molecule has 1 aromatic rings. The van der Waals surface area contributed by atoms with Gasteiger partial charge in [-0.25, -0.2) is 9.13 Å². The lowest BCUT2D eigenvalue weighted by Crippen LogP contribution is -2.32. The molecule has 0 fully saturated rings. The number of oxime groups is 1. The highest BCUT2D eigenvalue weighted by molar-refractivity contribution is 5.72. The lowest BCUT2D eigenvalue weighted by atomic mass is 10.3. The van der Waals surface area contributed by atoms with Crippen molar-refractivity contribution in [2.24, 2.45) is 12.2 Å². The van der Waals surface area contributed by atoms with E-state index in [0.29, 0.717) is 0 Å². The lowest BCUT2D eigenvalue weighted by molar-refractivity contribution is -0.671. The Balaban J connectivity index is 2.70. The molecule has 0 saturated carbocycles. The summed E-state index contributed by atoms with van der Waals surface area (Å²) in [5.41, 5.74) is 0. The Hall–Kier alpha value is -1.58. The number of hydrogen-bond donors (Lipinski definition) is 1. The van der Waals surface area contributed by atoms with E-state index in [1.165, 1.54) is 6.21 Å². The van der Waals surface area contributed by atoms with Gasteiger partial charge in [0.15, 0.2) is 6.21 Å². The van der Waals surface area contributed by atoms with Gasteiger partial charge in [0.2, 0.25) is 0 Å². The molecule has 1 heterocycles. The Labute approximate surface area is 83.8 Å². The summed E-state index contributed by atoms with van der Waals surface area (Å²) in [6.07, 6.45) is 9.30. The average molecular weight is 194 g/mol. The highest BCUT2D eigenvalue weighted by Gasteiger charge is 2.10. The predicted octanol–water partition coefficient (Wildman–Crippen LogP) is 1.09. The number of imidazole rings is 1. The van der Waals surface area contributed by atoms with Gasteiger partial charge in [0.25, 0.3) is 0 Å². The van der Waals surface area contributed by atoms with Crippen LogP contribution < -0.4 is 4.57 Å². The fraction of sp³-hybridized carbons (Fsp3) is 0.400. The first-order chi connectivity index (χ1) is 6.79. The van der Waals surface area contributed by atoms with Gasteiger partial charge in [-0.2, -0.15) is 0 Å². The molecule has 14 heavy (non-hydrogen) atoms. The van der Waals surface area contributed by atoms with Crippen LogP contribution in [0.25, 0.3) is 0 Å². The first-order valence-corrected chi connectivity index (χ1v) is 4.62. The second kappa shape index (κ2) is 5.21. The summed E-state index contributed by atoms with van der Waals surface area (Å²) < 4.78 is 3.96. The van der Waals surface area contributed by atoms with Gasteiger partial charge in [-0.15, -0.1) is 6.58 Å². The van der Waals surface area contributed by atoms with Crippen LogP contribution in [0.5, 0.6) is 0 Å². The molecule has 0 unspecified atom stereocenters. The quantitative estimate of drug-likeness (QED) is 0.187. The molecule has 1 aromatic heterocycles. The molecule has 1 N–H and O–H groups in total. The zero-order chi connectivity index (χ0) is 10.4. The summed E-state index contributed by atoms with van der Waals surface area (Å²) >= 11 is 0. The third-order valence-corrected chi connectivity index (χ3v) is 2.11. The Morgan fingerprint density at radius 1 is 1.71 bits per heavy atom. The van der Waals surface area contributed by atoms with Gasteiger partial charge in [-0.05, 0) is 12.8 Å². The third kappa shape index (κ3) is 2.45. The second-order valence-electron chi connectivity index (χ2n) is 3.14. The number of allylic oxidation sites excluding steroid dienone is 1. The van der Waals surface area contributed by atoms with Crippen LogP contribution in [0.2, 0.25) is 0 Å². The van der Waals surface area contributed by atoms with E-state index >= 15 is 0 Å². The highest BCUT2D eigenvalue weighted by Crippen LogP contribution is 1.98. The molecule has 4 heteroatoms. The van der Waals surface area contributed by atoms with Crippen LogP contribution in [0.3, 0.4) is 0 Å². The molecule has 0 radical (unpaired) electrons. The Morgan fingerprint density at radius 2 is 2.50 bits per heavy atom. The van der Waals surface area contributed by atoms with Crippen LogP contribution in [0, 0.1) is 0 Å². The molecule has 0 spiro atoms. The number of aryl methyl sites for hydroxylation is 2. The van der Waals surface area contributed by atoms with Crippen LogP contribution in [0.4, 0.5) is 0 Å². The zero-order valence-corrected chi connectivity index (χ0v) is 8.43. The number of hydrogen-bond acceptors (Lipinski definition) is 2. The van der Waals surface area contributed by atoms with Gasteiger partial charge in [-0.3, -0.25) is 0 Å². The molecule has 4 nitrogen and oxygen atoms in total. The minimum absolute atomic E-state index is 0.886. The van der Waals surface area contributed by atoms with E-state index in [9.17, 15) is 0 Å². The maximum Gasteiger partial charge on any atom is 0.303 e. The van der Waals surface area contributed by atoms with Crippen molar-refractivity contribution in [3.63, 3.8) is 0 Å². The van der Waals surface area contributed by atoms with Crippen molar-refractivity contribution in [2.75, 3.05) is 0 Å². The van der Waals surface area contributed by atoms with Crippen molar-refractivity contribution in [1.82, 2.24) is 4.57 Å². The van der Waals surface area contributed by atoms with Crippen LogP contribution in [-0.2, 0) is 13.6 Å². The average Bonchev–Trinajstić information content (AvgIpc) is 2.51. The van der Waals surface area contributed by atoms with Gasteiger partial charge < -0.3 is 5.21 Å². The van der Waals surface area contributed by atoms with E-state index < -0.39 is 0 Å². The lowest BCUT2D eigenvalue weighted by Gasteiger charge is -1.96. The van der Waals surface area contributed by atoms with Crippen LogP contribution in [0.1, 0.15) is 18.7 Å². The summed E-state index contributed by atoms with van der Waals surface area (Å²) in [4.78, 5) is 0. The van der Waals surface area contributed by atoms with Crippen LogP contribution in [-0.4, -0.2) is 16.0 Å². The Kier molecular flexibility index (Phi) is 3.91. The van der Waals surface area contributed by atoms with E-state index in [0.717, 1.165) is 25.2 Å². The van der Waals surface area contributed by atoms with E-state index in [2.05, 4.69) is 11.7 Å². The van der Waals surface area contributed by atoms with Gasteiger partial charge in [-0.1, -0.05) is 11.2 Å². The molecule has 0 atom stereocenters. The SMILES string of the molecule is C=CCCCn1cc[n+](C)c1/C=N\O. The molecule has 76 valence electrons. The summed E-state index contributed by atoms with van der Waals surface area (Å²) in [5, 5.41) is 11.5. The molecule has 0 aromatic carbocycles. The van der Waals surface area contributed by atoms with E-state index in [4.69, 9.17) is 5.21 Å². The molecule has 0 amide bonds. The fourth-order valence-electron chi connectivity index (χ4n) is 1.35. The maximum atomic E-state index is 8.49. The first-order valence-electron chi connectivity index (χ1n) is 4.62. The Morgan fingerprint density at radius 3 is 3.14 bits per heavy atom. The Bertz CT molecular complexity index is 328. The van der Waals surface area contributed by atoms with Crippen molar-refractivity contribution in [3.05, 3.63) is 30.9 Å². The summed E-state index contributed by atoms with van der Waals surface area (Å²) in [5.74, 6) is 0.886. The van der Waals surface area contributed by atoms with Gasteiger partial charge in [0, 0.05) is 0 Å². The van der Waals surface area contributed by atoms with Crippen LogP contribution in [0.15, 0.2) is 30.2 Å². The van der Waals surface area contributed by atoms with Gasteiger partial charge in [0.1, 0.15) is 12.4 Å². The van der Waals surface area contributed by atoms with E-state index in [-0.39, 0.29) is 0 Å². The standard InChI is InChI=1S/C10H15N3O/c1-3-4-5-6-13-8-7-12(2)10(13)9-11-14/h3,7-9H,1,4-6H2,2H3/p+1. The van der Waals surface area contributed by atoms with Crippen molar-refractivity contribution in [2.45, 2.75) is 19.4 Å². The summed E-state index contributed by atoms with van der Waals surface area (Å²) in [7, 11) is 1.92. The normalized spacial score (nSPS) is 10.9. The van der Waals surface area contributed by atoms with Crippen molar-refractivity contribution < 1.29 is 9.77 Å². The smallest absolute Gasteiger partial charge is 0.303 e. The van der Waals surface area contributed by atoms with E-state index in [1.807, 2.05) is 34.7 Å². The fourth-order valence-corrected chi connectivity index (χ4v) is 1.35. The number of rotatable bonds is 5. The van der Waals surface area contributed by atoms with Gasteiger partial charge >= 0.3 is 5.82 Å². The maximum absolute atomic E-state index is 8.49. The molecule has 0 aliphatic heterocycles. The largest absolute Gasteiger partial charge is 0.411 e. The molecule has 0 saturated heterocycles. The van der Waals surface area contributed by atoms with Crippen LogP contribution >= 0.6 is 0 Å². The minimum Gasteiger partial charge on any atom is -0.411 e. The van der Waals surface area contributed by atoms with E-state index in [1.54, 1.807) is 0 Å². The third-order valence-electron chi connectivity index (χ3n) is 2.11. The first kappa shape index (κ1) is 10.5. The van der Waals surface area contributed by atoms with Crippen molar-refractivity contribution in [1.29, 1.82) is 0 Å². The molecule has 0 aliphatic rings. The van der Waals surface area contributed by atoms with Gasteiger partial charge in [0.05, 0.1) is 13.6 Å². The molecule has 0 aliphatic carbocycles. The second-order valence-corrected chi connectivity index (χ2v) is 3.14. The molecular weight excluding hydrogens is 178 g/mol. The monoisotopic (exact) mass is 194 g/mol. The van der Waals surface area contributed by atoms with Crippen molar-refractivity contribution >= 4 is 6.21 Å². The molecular formula is C10H16N3O+. The number of nitrogens with zero attached hydrogens (tertiary/aromatic N) is 3. The minimum atomic E-state index is 0.886. The highest BCUT2D eigenvalue weighted by atomic mass is 16.4. The summed E-state index contributed by atoms with van der Waals surface area (Å²) in [6, 6.07) is 0. The predicted molar refractivity (Wildman–Crippen MR) is 54.4 cm³/mol. The molecule has 0 bridgehead atoms. The number of unbranched alkanes of at least 4 members (excludes halogenated alkanes) is 1. The van der Waals surface area contributed by atoms with Crippen molar-refractivity contribution in [3.8, 4) is 0 Å².